The molecule has 0 aromatic carbocycles. The molecule has 1 saturated heterocycles. The van der Waals surface area contributed by atoms with Crippen LogP contribution in [0.5, 0.6) is 0 Å². The second-order valence-corrected chi connectivity index (χ2v) is 3.50. The van der Waals surface area contributed by atoms with Crippen LogP contribution < -0.4 is 5.73 Å². The fraction of sp³-hybridized carbons (Fsp3) is 0.700. The Labute approximate surface area is 99.1 Å². The van der Waals surface area contributed by atoms with Gasteiger partial charge in [-0.3, -0.25) is 4.79 Å². The van der Waals surface area contributed by atoms with Crippen molar-refractivity contribution in [1.82, 2.24) is 4.90 Å². The predicted molar refractivity (Wildman–Crippen MR) is 56.5 cm³/mol. The Morgan fingerprint density at radius 3 is 3.00 bits per heavy atom. The number of esters is 1. The van der Waals surface area contributed by atoms with Crippen LogP contribution in [0, 0.1) is 11.3 Å². The topological polar surface area (TPSA) is 106 Å². The fourth-order valence-electron chi connectivity index (χ4n) is 1.46. The summed E-state index contributed by atoms with van der Waals surface area (Å²) in [7, 11) is 0. The molecule has 0 aromatic rings. The number of amides is 1. The van der Waals surface area contributed by atoms with Gasteiger partial charge in [0.1, 0.15) is 0 Å². The lowest BCUT2D eigenvalue weighted by atomic mass is 10.2. The van der Waals surface area contributed by atoms with E-state index in [0.717, 1.165) is 0 Å². The number of nitriles is 1. The van der Waals surface area contributed by atoms with Crippen LogP contribution in [0.1, 0.15) is 6.92 Å². The number of hydrogen-bond donors (Lipinski definition) is 1. The zero-order chi connectivity index (χ0) is 12.8. The lowest BCUT2D eigenvalue weighted by Gasteiger charge is -2.30. The minimum Gasteiger partial charge on any atom is -0.464 e. The van der Waals surface area contributed by atoms with Crippen molar-refractivity contribution in [3.8, 4) is 6.07 Å². The summed E-state index contributed by atoms with van der Waals surface area (Å²) in [5, 5.41) is 8.69. The highest BCUT2D eigenvalue weighted by atomic mass is 16.5. The minimum absolute atomic E-state index is 0.127. The van der Waals surface area contributed by atoms with Crippen LogP contribution in [0.4, 0.5) is 0 Å². The average molecular weight is 241 g/mol. The number of rotatable bonds is 3. The molecule has 0 aromatic heterocycles. The fourth-order valence-corrected chi connectivity index (χ4v) is 1.46. The highest BCUT2D eigenvalue weighted by Gasteiger charge is 2.31. The molecule has 1 aliphatic rings. The van der Waals surface area contributed by atoms with E-state index in [9.17, 15) is 9.59 Å². The maximum atomic E-state index is 11.8. The molecule has 7 nitrogen and oxygen atoms in total. The molecule has 0 saturated carbocycles. The first-order valence-electron chi connectivity index (χ1n) is 5.32. The number of nitrogens with zero attached hydrogens (tertiary/aromatic N) is 2. The van der Waals surface area contributed by atoms with Gasteiger partial charge < -0.3 is 20.1 Å². The summed E-state index contributed by atoms with van der Waals surface area (Å²) in [4.78, 5) is 24.4. The molecule has 94 valence electrons. The van der Waals surface area contributed by atoms with Crippen LogP contribution in [0.3, 0.4) is 0 Å². The number of carbonyl (C=O) groups excluding carboxylic acids is 2. The quantitative estimate of drug-likeness (QED) is 0.482. The van der Waals surface area contributed by atoms with E-state index in [4.69, 9.17) is 15.7 Å². The molecule has 1 heterocycles. The second-order valence-electron chi connectivity index (χ2n) is 3.50. The van der Waals surface area contributed by atoms with E-state index in [1.807, 2.05) is 6.07 Å². The zero-order valence-electron chi connectivity index (χ0n) is 9.59. The van der Waals surface area contributed by atoms with Crippen molar-refractivity contribution in [3.05, 3.63) is 0 Å². The van der Waals surface area contributed by atoms with Crippen molar-refractivity contribution in [2.24, 2.45) is 5.73 Å². The number of morpholine rings is 1. The largest absolute Gasteiger partial charge is 0.464 e. The van der Waals surface area contributed by atoms with Crippen molar-refractivity contribution >= 4 is 11.9 Å². The number of carbonyl (C=O) groups is 2. The van der Waals surface area contributed by atoms with Gasteiger partial charge in [-0.15, -0.1) is 0 Å². The van der Waals surface area contributed by atoms with Gasteiger partial charge in [-0.25, -0.2) is 4.79 Å². The smallest absolute Gasteiger partial charge is 0.332 e. The van der Waals surface area contributed by atoms with Gasteiger partial charge in [-0.2, -0.15) is 5.26 Å². The summed E-state index contributed by atoms with van der Waals surface area (Å²) in [6, 6.07) is 0.582. The maximum Gasteiger partial charge on any atom is 0.332 e. The van der Waals surface area contributed by atoms with Gasteiger partial charge in [0.15, 0.2) is 12.1 Å². The summed E-state index contributed by atoms with van der Waals surface area (Å²) in [5.74, 6) is -1.29. The predicted octanol–water partition coefficient (Wildman–Crippen LogP) is -1.37. The lowest BCUT2D eigenvalue weighted by Crippen LogP contribution is -2.54. The van der Waals surface area contributed by atoms with Crippen molar-refractivity contribution in [3.63, 3.8) is 0 Å². The molecule has 1 fully saturated rings. The Bertz CT molecular complexity index is 339. The van der Waals surface area contributed by atoms with Crippen molar-refractivity contribution in [1.29, 1.82) is 5.26 Å². The molecule has 0 radical (unpaired) electrons. The van der Waals surface area contributed by atoms with E-state index in [2.05, 4.69) is 4.74 Å². The van der Waals surface area contributed by atoms with Crippen LogP contribution in [-0.2, 0) is 19.1 Å². The Hall–Kier alpha value is -1.65. The van der Waals surface area contributed by atoms with Gasteiger partial charge in [0.2, 0.25) is 0 Å². The normalized spacial score (nSPS) is 21.5. The molecule has 7 heteroatoms. The molecule has 0 bridgehead atoms. The third-order valence-corrected chi connectivity index (χ3v) is 2.33. The van der Waals surface area contributed by atoms with E-state index in [0.29, 0.717) is 6.54 Å². The van der Waals surface area contributed by atoms with Crippen molar-refractivity contribution in [2.75, 3.05) is 26.3 Å². The molecule has 1 rings (SSSR count). The van der Waals surface area contributed by atoms with Gasteiger partial charge in [0, 0.05) is 6.54 Å². The molecule has 2 unspecified atom stereocenters. The molecule has 2 N–H and O–H groups in total. The van der Waals surface area contributed by atoms with E-state index in [1.54, 1.807) is 6.92 Å². The molecule has 0 spiro atoms. The number of ether oxygens (including phenoxy) is 2. The monoisotopic (exact) mass is 241 g/mol. The van der Waals surface area contributed by atoms with Crippen LogP contribution >= 0.6 is 0 Å². The number of nitrogens with two attached hydrogens (primary N) is 1. The molecule has 2 atom stereocenters. The summed E-state index contributed by atoms with van der Waals surface area (Å²) in [5.41, 5.74) is 5.48. The summed E-state index contributed by atoms with van der Waals surface area (Å²) < 4.78 is 9.74. The highest BCUT2D eigenvalue weighted by Crippen LogP contribution is 2.06. The first kappa shape index (κ1) is 13.4. The number of hydrogen-bond acceptors (Lipinski definition) is 6. The zero-order valence-corrected chi connectivity index (χ0v) is 9.59. The molecule has 0 aliphatic carbocycles. The van der Waals surface area contributed by atoms with Crippen LogP contribution in [0.2, 0.25) is 0 Å². The first-order valence-corrected chi connectivity index (χ1v) is 5.32. The van der Waals surface area contributed by atoms with Gasteiger partial charge in [0.25, 0.3) is 5.91 Å². The minimum atomic E-state index is -1.33. The van der Waals surface area contributed by atoms with Gasteiger partial charge in [-0.1, -0.05) is 0 Å². The van der Waals surface area contributed by atoms with E-state index in [1.165, 1.54) is 4.90 Å². The van der Waals surface area contributed by atoms with E-state index >= 15 is 0 Å². The summed E-state index contributed by atoms with van der Waals surface area (Å²) in [6.07, 6.45) is -0.665. The molecular formula is C10H15N3O4. The Morgan fingerprint density at radius 1 is 1.71 bits per heavy atom. The second kappa shape index (κ2) is 6.18. The summed E-state index contributed by atoms with van der Waals surface area (Å²) in [6.45, 7) is 2.52. The first-order chi connectivity index (χ1) is 8.10. The molecule has 1 amide bonds. The standard InChI is InChI=1S/C10H15N3O4/c1-2-16-10(15)8(12)9(14)13-3-4-17-7(5-11)6-13/h7-8H,2-4,6,12H2,1H3. The highest BCUT2D eigenvalue weighted by molar-refractivity contribution is 6.01. The maximum absolute atomic E-state index is 11.8. The average Bonchev–Trinajstić information content (AvgIpc) is 2.37. The summed E-state index contributed by atoms with van der Waals surface area (Å²) >= 11 is 0. The van der Waals surface area contributed by atoms with Gasteiger partial charge in [-0.05, 0) is 6.92 Å². The van der Waals surface area contributed by atoms with Gasteiger partial charge >= 0.3 is 5.97 Å². The van der Waals surface area contributed by atoms with Crippen molar-refractivity contribution in [2.45, 2.75) is 19.1 Å². The third kappa shape index (κ3) is 3.41. The SMILES string of the molecule is CCOC(=O)C(N)C(=O)N1CCOC(C#N)C1. The van der Waals surface area contributed by atoms with E-state index < -0.39 is 24.0 Å². The lowest BCUT2D eigenvalue weighted by molar-refractivity contribution is -0.153. The Kier molecular flexibility index (Phi) is 4.87. The van der Waals surface area contributed by atoms with Crippen LogP contribution in [-0.4, -0.2) is 55.2 Å². The Balaban J connectivity index is 2.57. The van der Waals surface area contributed by atoms with Gasteiger partial charge in [0.05, 0.1) is 25.8 Å². The van der Waals surface area contributed by atoms with Crippen LogP contribution in [0.15, 0.2) is 0 Å². The molecular weight excluding hydrogens is 226 g/mol. The molecule has 17 heavy (non-hydrogen) atoms. The third-order valence-electron chi connectivity index (χ3n) is 2.33. The van der Waals surface area contributed by atoms with Crippen molar-refractivity contribution < 1.29 is 19.1 Å². The Morgan fingerprint density at radius 2 is 2.41 bits per heavy atom. The van der Waals surface area contributed by atoms with Crippen LogP contribution in [0.25, 0.3) is 0 Å². The molecule has 1 aliphatic heterocycles. The van der Waals surface area contributed by atoms with E-state index in [-0.39, 0.29) is 19.8 Å².